The monoisotopic (exact) mass is 321 g/mol. The van der Waals surface area contributed by atoms with E-state index in [9.17, 15) is 4.79 Å². The van der Waals surface area contributed by atoms with E-state index in [1.807, 2.05) is 12.1 Å². The summed E-state index contributed by atoms with van der Waals surface area (Å²) in [7, 11) is 0. The highest BCUT2D eigenvalue weighted by Gasteiger charge is 2.18. The van der Waals surface area contributed by atoms with Crippen LogP contribution >= 0.6 is 22.9 Å². The SMILES string of the molecule is C=CCN(Cc1ccc(Cl)s1)C(=O)c1ccc(N)cc1N. The molecule has 1 aromatic carbocycles. The van der Waals surface area contributed by atoms with Gasteiger partial charge in [-0.3, -0.25) is 4.79 Å². The molecule has 0 unspecified atom stereocenters. The van der Waals surface area contributed by atoms with Gasteiger partial charge in [0.05, 0.1) is 16.4 Å². The Balaban J connectivity index is 2.24. The standard InChI is InChI=1S/C15H16ClN3OS/c1-2-7-19(9-11-4-6-14(16)21-11)15(20)12-5-3-10(17)8-13(12)18/h2-6,8H,1,7,9,17-18H2. The van der Waals surface area contributed by atoms with Crippen LogP contribution in [0.25, 0.3) is 0 Å². The Morgan fingerprint density at radius 3 is 2.67 bits per heavy atom. The second-order valence-corrected chi connectivity index (χ2v) is 6.33. The molecule has 4 nitrogen and oxygen atoms in total. The zero-order valence-corrected chi connectivity index (χ0v) is 13.0. The number of nitrogen functional groups attached to an aromatic ring is 2. The highest BCUT2D eigenvalue weighted by Crippen LogP contribution is 2.24. The molecular weight excluding hydrogens is 306 g/mol. The van der Waals surface area contributed by atoms with Gasteiger partial charge in [0.25, 0.3) is 5.91 Å². The highest BCUT2D eigenvalue weighted by molar-refractivity contribution is 7.16. The van der Waals surface area contributed by atoms with Crippen molar-refractivity contribution in [2.45, 2.75) is 6.54 Å². The second kappa shape index (κ2) is 6.65. The number of carbonyl (C=O) groups excluding carboxylic acids is 1. The van der Waals surface area contributed by atoms with Crippen molar-refractivity contribution in [1.29, 1.82) is 0 Å². The molecule has 4 N–H and O–H groups in total. The van der Waals surface area contributed by atoms with Gasteiger partial charge in [0.1, 0.15) is 0 Å². The van der Waals surface area contributed by atoms with Gasteiger partial charge < -0.3 is 16.4 Å². The van der Waals surface area contributed by atoms with Gasteiger partial charge in [-0.15, -0.1) is 17.9 Å². The Labute approximate surface area is 132 Å². The molecule has 0 radical (unpaired) electrons. The van der Waals surface area contributed by atoms with Crippen LogP contribution in [0.1, 0.15) is 15.2 Å². The van der Waals surface area contributed by atoms with Crippen molar-refractivity contribution in [3.05, 3.63) is 57.8 Å². The fourth-order valence-electron chi connectivity index (χ4n) is 1.95. The summed E-state index contributed by atoms with van der Waals surface area (Å²) in [6, 6.07) is 8.61. The van der Waals surface area contributed by atoms with Crippen LogP contribution in [0.4, 0.5) is 11.4 Å². The van der Waals surface area contributed by atoms with E-state index >= 15 is 0 Å². The van der Waals surface area contributed by atoms with Crippen molar-refractivity contribution >= 4 is 40.2 Å². The molecule has 0 spiro atoms. The van der Waals surface area contributed by atoms with Gasteiger partial charge in [0, 0.05) is 22.8 Å². The van der Waals surface area contributed by atoms with E-state index in [4.69, 9.17) is 23.1 Å². The molecule has 1 heterocycles. The van der Waals surface area contributed by atoms with E-state index in [0.717, 1.165) is 4.88 Å². The molecule has 2 aromatic rings. The van der Waals surface area contributed by atoms with Crippen molar-refractivity contribution in [3.8, 4) is 0 Å². The van der Waals surface area contributed by atoms with E-state index in [1.165, 1.54) is 11.3 Å². The van der Waals surface area contributed by atoms with Gasteiger partial charge in [-0.2, -0.15) is 0 Å². The Hall–Kier alpha value is -1.98. The molecule has 0 aliphatic heterocycles. The van der Waals surface area contributed by atoms with Crippen LogP contribution in [0, 0.1) is 0 Å². The van der Waals surface area contributed by atoms with E-state index in [-0.39, 0.29) is 5.91 Å². The molecule has 0 atom stereocenters. The van der Waals surface area contributed by atoms with Gasteiger partial charge in [-0.25, -0.2) is 0 Å². The number of nitrogens with zero attached hydrogens (tertiary/aromatic N) is 1. The topological polar surface area (TPSA) is 72.3 Å². The smallest absolute Gasteiger partial charge is 0.256 e. The Morgan fingerprint density at radius 2 is 2.10 bits per heavy atom. The summed E-state index contributed by atoms with van der Waals surface area (Å²) in [6.07, 6.45) is 1.68. The number of hydrogen-bond acceptors (Lipinski definition) is 4. The van der Waals surface area contributed by atoms with Gasteiger partial charge >= 0.3 is 0 Å². The average Bonchev–Trinajstić information content (AvgIpc) is 2.83. The minimum atomic E-state index is -0.156. The van der Waals surface area contributed by atoms with Crippen molar-refractivity contribution < 1.29 is 4.79 Å². The van der Waals surface area contributed by atoms with E-state index in [1.54, 1.807) is 29.2 Å². The summed E-state index contributed by atoms with van der Waals surface area (Å²) in [5, 5.41) is 0. The predicted molar refractivity (Wildman–Crippen MR) is 89.5 cm³/mol. The van der Waals surface area contributed by atoms with Crippen molar-refractivity contribution in [2.75, 3.05) is 18.0 Å². The van der Waals surface area contributed by atoms with Crippen LogP contribution in [0.15, 0.2) is 43.0 Å². The molecule has 0 bridgehead atoms. The number of hydrogen-bond donors (Lipinski definition) is 2. The number of thiophene rings is 1. The highest BCUT2D eigenvalue weighted by atomic mass is 35.5. The van der Waals surface area contributed by atoms with Crippen molar-refractivity contribution in [1.82, 2.24) is 4.90 Å². The maximum Gasteiger partial charge on any atom is 0.256 e. The Kier molecular flexibility index (Phi) is 4.88. The summed E-state index contributed by atoms with van der Waals surface area (Å²) < 4.78 is 0.697. The number of benzene rings is 1. The molecule has 21 heavy (non-hydrogen) atoms. The van der Waals surface area contributed by atoms with E-state index in [0.29, 0.717) is 34.4 Å². The lowest BCUT2D eigenvalue weighted by molar-refractivity contribution is 0.0765. The summed E-state index contributed by atoms with van der Waals surface area (Å²) in [5.41, 5.74) is 12.9. The van der Waals surface area contributed by atoms with Gasteiger partial charge in [-0.05, 0) is 30.3 Å². The molecule has 0 aliphatic rings. The Bertz CT molecular complexity index is 669. The van der Waals surface area contributed by atoms with Crippen LogP contribution in [-0.4, -0.2) is 17.4 Å². The number of rotatable bonds is 5. The minimum absolute atomic E-state index is 0.156. The van der Waals surface area contributed by atoms with Gasteiger partial charge in [0.2, 0.25) is 0 Å². The summed E-state index contributed by atoms with van der Waals surface area (Å²) in [4.78, 5) is 15.3. The number of carbonyl (C=O) groups is 1. The lowest BCUT2D eigenvalue weighted by atomic mass is 10.1. The lowest BCUT2D eigenvalue weighted by Crippen LogP contribution is -2.31. The summed E-state index contributed by atoms with van der Waals surface area (Å²) in [5.74, 6) is -0.156. The fraction of sp³-hybridized carbons (Fsp3) is 0.133. The molecule has 110 valence electrons. The van der Waals surface area contributed by atoms with Crippen molar-refractivity contribution in [2.24, 2.45) is 0 Å². The number of anilines is 2. The molecule has 6 heteroatoms. The first-order valence-electron chi connectivity index (χ1n) is 6.30. The molecule has 0 saturated heterocycles. The third-order valence-corrected chi connectivity index (χ3v) is 4.13. The number of nitrogens with two attached hydrogens (primary N) is 2. The third-order valence-electron chi connectivity index (χ3n) is 2.92. The summed E-state index contributed by atoms with van der Waals surface area (Å²) in [6.45, 7) is 4.59. The first kappa shape index (κ1) is 15.4. The first-order chi connectivity index (χ1) is 10.0. The normalized spacial score (nSPS) is 10.3. The second-order valence-electron chi connectivity index (χ2n) is 4.53. The largest absolute Gasteiger partial charge is 0.399 e. The van der Waals surface area contributed by atoms with E-state index < -0.39 is 0 Å². The summed E-state index contributed by atoms with van der Waals surface area (Å²) >= 11 is 7.37. The van der Waals surface area contributed by atoms with Crippen LogP contribution in [0.2, 0.25) is 4.34 Å². The average molecular weight is 322 g/mol. The molecule has 1 amide bonds. The molecular formula is C15H16ClN3OS. The molecule has 0 saturated carbocycles. The molecule has 1 aromatic heterocycles. The molecule has 2 rings (SSSR count). The molecule has 0 fully saturated rings. The molecule has 0 aliphatic carbocycles. The Morgan fingerprint density at radius 1 is 1.33 bits per heavy atom. The van der Waals surface area contributed by atoms with Crippen LogP contribution in [-0.2, 0) is 6.54 Å². The zero-order chi connectivity index (χ0) is 15.4. The minimum Gasteiger partial charge on any atom is -0.399 e. The third kappa shape index (κ3) is 3.77. The van der Waals surface area contributed by atoms with Crippen molar-refractivity contribution in [3.63, 3.8) is 0 Å². The lowest BCUT2D eigenvalue weighted by Gasteiger charge is -2.21. The quantitative estimate of drug-likeness (QED) is 0.655. The van der Waals surface area contributed by atoms with Gasteiger partial charge in [-0.1, -0.05) is 17.7 Å². The first-order valence-corrected chi connectivity index (χ1v) is 7.50. The maximum atomic E-state index is 12.6. The van der Waals surface area contributed by atoms with E-state index in [2.05, 4.69) is 6.58 Å². The fourth-order valence-corrected chi connectivity index (χ4v) is 3.05. The number of amides is 1. The zero-order valence-electron chi connectivity index (χ0n) is 11.4. The van der Waals surface area contributed by atoms with Crippen LogP contribution in [0.3, 0.4) is 0 Å². The van der Waals surface area contributed by atoms with Crippen LogP contribution in [0.5, 0.6) is 0 Å². The maximum absolute atomic E-state index is 12.6. The van der Waals surface area contributed by atoms with Crippen LogP contribution < -0.4 is 11.5 Å². The van der Waals surface area contributed by atoms with Gasteiger partial charge in [0.15, 0.2) is 0 Å². The predicted octanol–water partition coefficient (Wildman–Crippen LogP) is 3.39. The number of halogens is 1.